The van der Waals surface area contributed by atoms with Crippen molar-refractivity contribution in [3.63, 3.8) is 0 Å². The second kappa shape index (κ2) is 5.64. The van der Waals surface area contributed by atoms with E-state index in [0.717, 1.165) is 11.1 Å². The predicted molar refractivity (Wildman–Crippen MR) is 74.4 cm³/mol. The van der Waals surface area contributed by atoms with E-state index in [-0.39, 0.29) is 0 Å². The molecule has 0 aliphatic carbocycles. The number of amides is 1. The van der Waals surface area contributed by atoms with Crippen LogP contribution in [0.3, 0.4) is 0 Å². The lowest BCUT2D eigenvalue weighted by Crippen LogP contribution is -2.35. The Hall–Kier alpha value is -1.85. The van der Waals surface area contributed by atoms with E-state index in [4.69, 9.17) is 14.5 Å². The quantitative estimate of drug-likeness (QED) is 0.613. The van der Waals surface area contributed by atoms with Gasteiger partial charge in [-0.2, -0.15) is 0 Å². The van der Waals surface area contributed by atoms with E-state index in [0.29, 0.717) is 0 Å². The van der Waals surface area contributed by atoms with E-state index in [9.17, 15) is 4.79 Å². The number of ether oxygens (including phenoxy) is 1. The fraction of sp³-hybridized carbons (Fsp3) is 0.400. The highest BCUT2D eigenvalue weighted by atomic mass is 17.2. The van der Waals surface area contributed by atoms with Gasteiger partial charge in [-0.05, 0) is 32.4 Å². The Morgan fingerprint density at radius 1 is 1.25 bits per heavy atom. The number of hydrogen-bond acceptors (Lipinski definition) is 4. The monoisotopic (exact) mass is 277 g/mol. The van der Waals surface area contributed by atoms with E-state index in [2.05, 4.69) is 0 Å². The Morgan fingerprint density at radius 3 is 2.60 bits per heavy atom. The normalized spacial score (nSPS) is 17.8. The lowest BCUT2D eigenvalue weighted by Gasteiger charge is -2.32. The zero-order chi connectivity index (χ0) is 14.8. The summed E-state index contributed by atoms with van der Waals surface area (Å²) in [5, 5.41) is 0. The van der Waals surface area contributed by atoms with Gasteiger partial charge in [0.15, 0.2) is 6.23 Å². The summed E-state index contributed by atoms with van der Waals surface area (Å²) < 4.78 is 4.77. The van der Waals surface area contributed by atoms with Crippen molar-refractivity contribution in [2.24, 2.45) is 0 Å². The van der Waals surface area contributed by atoms with Gasteiger partial charge in [-0.15, -0.1) is 0 Å². The predicted octanol–water partition coefficient (Wildman–Crippen LogP) is 3.48. The van der Waals surface area contributed by atoms with Crippen molar-refractivity contribution < 1.29 is 19.3 Å². The molecule has 0 bridgehead atoms. The Balaban J connectivity index is 2.29. The lowest BCUT2D eigenvalue weighted by molar-refractivity contribution is -0.391. The Morgan fingerprint density at radius 2 is 1.95 bits per heavy atom. The number of hydrogen-bond donors (Lipinski definition) is 0. The first-order valence-corrected chi connectivity index (χ1v) is 6.40. The fourth-order valence-corrected chi connectivity index (χ4v) is 1.83. The number of rotatable bonds is 2. The van der Waals surface area contributed by atoms with Gasteiger partial charge in [0, 0.05) is 11.8 Å². The summed E-state index contributed by atoms with van der Waals surface area (Å²) in [6, 6.07) is 7.67. The molecule has 5 nitrogen and oxygen atoms in total. The van der Waals surface area contributed by atoms with Crippen LogP contribution in [0.2, 0.25) is 0 Å². The maximum absolute atomic E-state index is 11.8. The van der Waals surface area contributed by atoms with Crippen molar-refractivity contribution in [1.82, 2.24) is 4.90 Å². The van der Waals surface area contributed by atoms with Crippen molar-refractivity contribution in [3.8, 4) is 0 Å². The van der Waals surface area contributed by atoms with Crippen molar-refractivity contribution >= 4 is 12.2 Å². The molecule has 1 atom stereocenters. The lowest BCUT2D eigenvalue weighted by atomic mass is 10.0. The molecule has 108 valence electrons. The Bertz CT molecular complexity index is 519. The van der Waals surface area contributed by atoms with E-state index in [1.807, 2.05) is 51.1 Å². The van der Waals surface area contributed by atoms with E-state index >= 15 is 0 Å². The second-order valence-corrected chi connectivity index (χ2v) is 5.47. The van der Waals surface area contributed by atoms with Gasteiger partial charge < -0.3 is 4.74 Å². The zero-order valence-electron chi connectivity index (χ0n) is 12.1. The maximum Gasteiger partial charge on any atom is 0.416 e. The van der Waals surface area contributed by atoms with Crippen molar-refractivity contribution in [2.75, 3.05) is 7.11 Å². The van der Waals surface area contributed by atoms with Gasteiger partial charge in [0.2, 0.25) is 0 Å². The first kappa shape index (κ1) is 14.6. The van der Waals surface area contributed by atoms with Crippen LogP contribution in [0, 0.1) is 0 Å². The Kier molecular flexibility index (Phi) is 4.11. The van der Waals surface area contributed by atoms with Gasteiger partial charge in [0.25, 0.3) is 0 Å². The number of nitrogens with zero attached hydrogens (tertiary/aromatic N) is 1. The molecule has 5 heteroatoms. The number of fused-ring (bicyclic) bond motifs is 1. The van der Waals surface area contributed by atoms with Crippen LogP contribution in [-0.2, 0) is 14.5 Å². The van der Waals surface area contributed by atoms with Gasteiger partial charge in [0.05, 0.1) is 12.7 Å². The molecular formula is C15H19NO4. The minimum atomic E-state index is -0.664. The summed E-state index contributed by atoms with van der Waals surface area (Å²) in [4.78, 5) is 24.0. The third-order valence-corrected chi connectivity index (χ3v) is 2.70. The SMILES string of the molecule is COC(=O)N1C=Cc2ccccc2C1OOC(C)(C)C. The molecular weight excluding hydrogens is 258 g/mol. The van der Waals surface area contributed by atoms with Crippen LogP contribution in [0.4, 0.5) is 4.79 Å². The van der Waals surface area contributed by atoms with Crippen molar-refractivity contribution in [2.45, 2.75) is 32.6 Å². The van der Waals surface area contributed by atoms with Crippen molar-refractivity contribution in [3.05, 3.63) is 41.6 Å². The molecule has 1 aliphatic heterocycles. The molecule has 2 rings (SSSR count). The smallest absolute Gasteiger partial charge is 0.416 e. The number of methoxy groups -OCH3 is 1. The summed E-state index contributed by atoms with van der Waals surface area (Å²) in [6.07, 6.45) is 2.30. The number of carbonyl (C=O) groups excluding carboxylic acids is 1. The molecule has 1 heterocycles. The van der Waals surface area contributed by atoms with Gasteiger partial charge >= 0.3 is 6.09 Å². The molecule has 0 fully saturated rings. The van der Waals surface area contributed by atoms with Crippen LogP contribution in [-0.4, -0.2) is 23.7 Å². The summed E-state index contributed by atoms with van der Waals surface area (Å²) >= 11 is 0. The van der Waals surface area contributed by atoms with Gasteiger partial charge in [-0.3, -0.25) is 4.90 Å². The molecule has 0 saturated heterocycles. The third kappa shape index (κ3) is 3.18. The molecule has 0 spiro atoms. The van der Waals surface area contributed by atoms with Gasteiger partial charge in [0.1, 0.15) is 0 Å². The highest BCUT2D eigenvalue weighted by molar-refractivity contribution is 5.73. The molecule has 0 saturated carbocycles. The first-order chi connectivity index (χ1) is 9.42. The zero-order valence-corrected chi connectivity index (χ0v) is 12.1. The van der Waals surface area contributed by atoms with Crippen LogP contribution in [0.25, 0.3) is 6.08 Å². The Labute approximate surface area is 118 Å². The molecule has 1 unspecified atom stereocenters. The topological polar surface area (TPSA) is 48.0 Å². The minimum absolute atomic E-state index is 0.474. The first-order valence-electron chi connectivity index (χ1n) is 6.40. The average Bonchev–Trinajstić information content (AvgIpc) is 2.42. The van der Waals surface area contributed by atoms with Crippen LogP contribution in [0.5, 0.6) is 0 Å². The second-order valence-electron chi connectivity index (χ2n) is 5.47. The molecule has 20 heavy (non-hydrogen) atoms. The molecule has 0 aromatic heterocycles. The van der Waals surface area contributed by atoms with Gasteiger partial charge in [-0.25, -0.2) is 14.6 Å². The van der Waals surface area contributed by atoms with Crippen LogP contribution in [0.1, 0.15) is 38.1 Å². The van der Waals surface area contributed by atoms with E-state index in [1.165, 1.54) is 12.0 Å². The number of benzene rings is 1. The summed E-state index contributed by atoms with van der Waals surface area (Å²) in [5.41, 5.74) is 1.36. The standard InChI is InChI=1S/C15H19NO4/c1-15(2,3)20-19-13-12-8-6-5-7-11(12)9-10-16(13)14(17)18-4/h5-10,13H,1-4H3. The van der Waals surface area contributed by atoms with Gasteiger partial charge in [-0.1, -0.05) is 24.3 Å². The minimum Gasteiger partial charge on any atom is -0.452 e. The highest BCUT2D eigenvalue weighted by Crippen LogP contribution is 2.32. The largest absolute Gasteiger partial charge is 0.452 e. The third-order valence-electron chi connectivity index (χ3n) is 2.70. The van der Waals surface area contributed by atoms with E-state index in [1.54, 1.807) is 6.20 Å². The molecule has 0 radical (unpaired) electrons. The van der Waals surface area contributed by atoms with E-state index < -0.39 is 17.9 Å². The fourth-order valence-electron chi connectivity index (χ4n) is 1.83. The summed E-state index contributed by atoms with van der Waals surface area (Å²) in [5.74, 6) is 0. The highest BCUT2D eigenvalue weighted by Gasteiger charge is 2.31. The summed E-state index contributed by atoms with van der Waals surface area (Å²) in [7, 11) is 1.33. The molecule has 1 aromatic carbocycles. The maximum atomic E-state index is 11.8. The number of carbonyl (C=O) groups is 1. The molecule has 1 aliphatic rings. The summed E-state index contributed by atoms with van der Waals surface area (Å²) in [6.45, 7) is 5.63. The van der Waals surface area contributed by atoms with Crippen molar-refractivity contribution in [1.29, 1.82) is 0 Å². The molecule has 0 N–H and O–H groups in total. The molecule has 1 aromatic rings. The molecule has 1 amide bonds. The van der Waals surface area contributed by atoms with Crippen LogP contribution >= 0.6 is 0 Å². The van der Waals surface area contributed by atoms with Crippen LogP contribution in [0.15, 0.2) is 30.5 Å². The van der Waals surface area contributed by atoms with Crippen LogP contribution < -0.4 is 0 Å². The average molecular weight is 277 g/mol.